The van der Waals surface area contributed by atoms with E-state index in [4.69, 9.17) is 0 Å². The van der Waals surface area contributed by atoms with Gasteiger partial charge in [-0.25, -0.2) is 0 Å². The first kappa shape index (κ1) is 12.4. The first-order chi connectivity index (χ1) is 6.99. The summed E-state index contributed by atoms with van der Waals surface area (Å²) in [5.74, 6) is 0.270. The molecule has 0 heterocycles. The SMILES string of the molecule is Cc1cc(C)c(C)c(C(=O)CCP)c1C. The molecule has 0 aliphatic rings. The molecule has 1 aromatic rings. The van der Waals surface area contributed by atoms with E-state index in [9.17, 15) is 4.79 Å². The lowest BCUT2D eigenvalue weighted by atomic mass is 9.91. The number of ketones is 1. The normalized spacial score (nSPS) is 10.5. The van der Waals surface area contributed by atoms with Gasteiger partial charge in [0.2, 0.25) is 0 Å². The van der Waals surface area contributed by atoms with Crippen molar-refractivity contribution >= 4 is 15.0 Å². The summed E-state index contributed by atoms with van der Waals surface area (Å²) in [6, 6.07) is 2.15. The van der Waals surface area contributed by atoms with Gasteiger partial charge in [-0.1, -0.05) is 6.07 Å². The number of hydrogen-bond acceptors (Lipinski definition) is 1. The molecule has 1 unspecified atom stereocenters. The number of carbonyl (C=O) groups excluding carboxylic acids is 1. The third kappa shape index (κ3) is 2.46. The van der Waals surface area contributed by atoms with Gasteiger partial charge in [0.25, 0.3) is 0 Å². The smallest absolute Gasteiger partial charge is 0.163 e. The van der Waals surface area contributed by atoms with Crippen LogP contribution in [-0.4, -0.2) is 11.9 Å². The molecule has 1 aromatic carbocycles. The van der Waals surface area contributed by atoms with Crippen LogP contribution in [0.3, 0.4) is 0 Å². The van der Waals surface area contributed by atoms with Crippen LogP contribution < -0.4 is 0 Å². The van der Waals surface area contributed by atoms with Crippen LogP contribution in [-0.2, 0) is 0 Å². The van der Waals surface area contributed by atoms with E-state index in [0.29, 0.717) is 6.42 Å². The maximum Gasteiger partial charge on any atom is 0.163 e. The monoisotopic (exact) mass is 222 g/mol. The van der Waals surface area contributed by atoms with Gasteiger partial charge < -0.3 is 0 Å². The number of benzene rings is 1. The molecule has 1 rings (SSSR count). The lowest BCUT2D eigenvalue weighted by Gasteiger charge is -2.13. The molecular formula is C13H19OP. The van der Waals surface area contributed by atoms with Crippen LogP contribution in [0.1, 0.15) is 39.0 Å². The van der Waals surface area contributed by atoms with Crippen molar-refractivity contribution in [1.29, 1.82) is 0 Å². The first-order valence-electron chi connectivity index (χ1n) is 5.29. The van der Waals surface area contributed by atoms with Gasteiger partial charge in [0.05, 0.1) is 0 Å². The largest absolute Gasteiger partial charge is 0.294 e. The third-order valence-electron chi connectivity index (χ3n) is 3.02. The van der Waals surface area contributed by atoms with Crippen molar-refractivity contribution in [2.45, 2.75) is 34.1 Å². The van der Waals surface area contributed by atoms with Crippen LogP contribution in [0.5, 0.6) is 0 Å². The molecule has 0 radical (unpaired) electrons. The van der Waals surface area contributed by atoms with E-state index < -0.39 is 0 Å². The van der Waals surface area contributed by atoms with Gasteiger partial charge in [-0.05, 0) is 56.1 Å². The van der Waals surface area contributed by atoms with Crippen molar-refractivity contribution in [2.24, 2.45) is 0 Å². The standard InChI is InChI=1S/C13H19OP/c1-8-7-9(2)11(4)13(10(8)3)12(14)5-6-15/h7H,5-6,15H2,1-4H3. The van der Waals surface area contributed by atoms with Crippen molar-refractivity contribution in [2.75, 3.05) is 6.16 Å². The summed E-state index contributed by atoms with van der Waals surface area (Å²) in [5, 5.41) is 0. The van der Waals surface area contributed by atoms with E-state index in [2.05, 4.69) is 29.2 Å². The van der Waals surface area contributed by atoms with Crippen LogP contribution in [0, 0.1) is 27.7 Å². The van der Waals surface area contributed by atoms with Crippen molar-refractivity contribution in [3.05, 3.63) is 33.9 Å². The third-order valence-corrected chi connectivity index (χ3v) is 3.30. The highest BCUT2D eigenvalue weighted by atomic mass is 31.0. The fourth-order valence-corrected chi connectivity index (χ4v) is 2.15. The van der Waals surface area contributed by atoms with Crippen molar-refractivity contribution in [3.8, 4) is 0 Å². The Hall–Kier alpha value is -0.680. The molecule has 0 saturated carbocycles. The summed E-state index contributed by atoms with van der Waals surface area (Å²) >= 11 is 0. The fourth-order valence-electron chi connectivity index (χ4n) is 1.89. The first-order valence-corrected chi connectivity index (χ1v) is 6.11. The number of hydrogen-bond donors (Lipinski definition) is 0. The average molecular weight is 222 g/mol. The van der Waals surface area contributed by atoms with E-state index in [0.717, 1.165) is 22.9 Å². The van der Waals surface area contributed by atoms with Gasteiger partial charge in [-0.15, -0.1) is 9.24 Å². The predicted octanol–water partition coefficient (Wildman–Crippen LogP) is 3.37. The molecule has 0 saturated heterocycles. The predicted molar refractivity (Wildman–Crippen MR) is 68.9 cm³/mol. The Morgan fingerprint density at radius 1 is 1.13 bits per heavy atom. The molecule has 0 spiro atoms. The second-order valence-electron chi connectivity index (χ2n) is 4.10. The Labute approximate surface area is 94.5 Å². The van der Waals surface area contributed by atoms with Crippen LogP contribution in [0.25, 0.3) is 0 Å². The average Bonchev–Trinajstić information content (AvgIpc) is 2.16. The molecule has 0 bridgehead atoms. The number of carbonyl (C=O) groups is 1. The maximum atomic E-state index is 12.0. The lowest BCUT2D eigenvalue weighted by molar-refractivity contribution is 0.0988. The van der Waals surface area contributed by atoms with E-state index >= 15 is 0 Å². The van der Waals surface area contributed by atoms with Crippen molar-refractivity contribution < 1.29 is 4.79 Å². The molecule has 0 fully saturated rings. The van der Waals surface area contributed by atoms with Gasteiger partial charge in [0, 0.05) is 12.0 Å². The summed E-state index contributed by atoms with van der Waals surface area (Å²) in [7, 11) is 2.61. The topological polar surface area (TPSA) is 17.1 Å². The highest BCUT2D eigenvalue weighted by molar-refractivity contribution is 7.16. The fraction of sp³-hybridized carbons (Fsp3) is 0.462. The van der Waals surface area contributed by atoms with Gasteiger partial charge in [0.1, 0.15) is 0 Å². The summed E-state index contributed by atoms with van der Waals surface area (Å²) in [4.78, 5) is 12.0. The van der Waals surface area contributed by atoms with E-state index in [1.54, 1.807) is 0 Å². The highest BCUT2D eigenvalue weighted by Crippen LogP contribution is 2.23. The number of aryl methyl sites for hydroxylation is 2. The molecular weight excluding hydrogens is 203 g/mol. The lowest BCUT2D eigenvalue weighted by Crippen LogP contribution is -2.07. The molecule has 15 heavy (non-hydrogen) atoms. The minimum absolute atomic E-state index is 0.270. The molecule has 82 valence electrons. The van der Waals surface area contributed by atoms with Crippen LogP contribution in [0.4, 0.5) is 0 Å². The molecule has 0 aromatic heterocycles. The zero-order valence-electron chi connectivity index (χ0n) is 9.98. The molecule has 2 heteroatoms. The molecule has 0 aliphatic carbocycles. The van der Waals surface area contributed by atoms with Crippen molar-refractivity contribution in [3.63, 3.8) is 0 Å². The minimum atomic E-state index is 0.270. The van der Waals surface area contributed by atoms with Crippen molar-refractivity contribution in [1.82, 2.24) is 0 Å². The van der Waals surface area contributed by atoms with E-state index in [1.165, 1.54) is 11.1 Å². The molecule has 0 aliphatic heterocycles. The maximum absolute atomic E-state index is 12.0. The van der Waals surface area contributed by atoms with Crippen LogP contribution >= 0.6 is 9.24 Å². The van der Waals surface area contributed by atoms with Gasteiger partial charge in [-0.2, -0.15) is 0 Å². The number of rotatable bonds is 3. The van der Waals surface area contributed by atoms with E-state index in [-0.39, 0.29) is 5.78 Å². The molecule has 0 amide bonds. The Morgan fingerprint density at radius 2 is 1.60 bits per heavy atom. The summed E-state index contributed by atoms with van der Waals surface area (Å²) < 4.78 is 0. The summed E-state index contributed by atoms with van der Waals surface area (Å²) in [5.41, 5.74) is 5.65. The Morgan fingerprint density at radius 3 is 2.00 bits per heavy atom. The van der Waals surface area contributed by atoms with Gasteiger partial charge >= 0.3 is 0 Å². The Bertz CT molecular complexity index is 368. The zero-order valence-corrected chi connectivity index (χ0v) is 11.1. The highest BCUT2D eigenvalue weighted by Gasteiger charge is 2.14. The molecule has 0 N–H and O–H groups in total. The van der Waals surface area contributed by atoms with Crippen LogP contribution in [0.2, 0.25) is 0 Å². The van der Waals surface area contributed by atoms with Crippen LogP contribution in [0.15, 0.2) is 6.07 Å². The quantitative estimate of drug-likeness (QED) is 0.566. The number of Topliss-reactive ketones (excluding diaryl/α,β-unsaturated/α-hetero) is 1. The zero-order chi connectivity index (χ0) is 11.6. The minimum Gasteiger partial charge on any atom is -0.294 e. The molecule has 1 atom stereocenters. The summed E-state index contributed by atoms with van der Waals surface area (Å²) in [6.07, 6.45) is 1.46. The summed E-state index contributed by atoms with van der Waals surface area (Å²) in [6.45, 7) is 8.22. The Balaban J connectivity index is 3.32. The van der Waals surface area contributed by atoms with E-state index in [1.807, 2.05) is 13.8 Å². The second kappa shape index (κ2) is 4.90. The Kier molecular flexibility index (Phi) is 4.04. The van der Waals surface area contributed by atoms with Gasteiger partial charge in [0.15, 0.2) is 5.78 Å². The van der Waals surface area contributed by atoms with Gasteiger partial charge in [-0.3, -0.25) is 4.79 Å². The molecule has 1 nitrogen and oxygen atoms in total. The second-order valence-corrected chi connectivity index (χ2v) is 4.67.